The number of hydrogen-bond donors (Lipinski definition) is 2. The molecule has 1 saturated heterocycles. The summed E-state index contributed by atoms with van der Waals surface area (Å²) >= 11 is 0. The van der Waals surface area contributed by atoms with Crippen molar-refractivity contribution in [3.63, 3.8) is 0 Å². The highest BCUT2D eigenvalue weighted by Crippen LogP contribution is 2.25. The fraction of sp³-hybridized carbons (Fsp3) is 0.579. The van der Waals surface area contributed by atoms with Crippen LogP contribution in [-0.4, -0.2) is 48.3 Å². The van der Waals surface area contributed by atoms with E-state index in [4.69, 9.17) is 0 Å². The molecule has 7 nitrogen and oxygen atoms in total. The van der Waals surface area contributed by atoms with Crippen LogP contribution in [0.4, 0.5) is 0 Å². The first-order valence-electron chi connectivity index (χ1n) is 9.28. The topological polar surface area (TPSA) is 104 Å². The highest BCUT2D eigenvalue weighted by atomic mass is 32.2. The van der Waals surface area contributed by atoms with Crippen molar-refractivity contribution in [2.24, 2.45) is 5.92 Å². The molecule has 0 spiro atoms. The molecule has 0 saturated carbocycles. The third-order valence-corrected chi connectivity index (χ3v) is 6.80. The molecule has 150 valence electrons. The minimum Gasteiger partial charge on any atom is -0.480 e. The van der Waals surface area contributed by atoms with Crippen LogP contribution in [-0.2, 0) is 14.8 Å². The molecule has 0 radical (unpaired) electrons. The van der Waals surface area contributed by atoms with Crippen molar-refractivity contribution in [3.05, 3.63) is 29.8 Å². The maximum absolute atomic E-state index is 12.8. The highest BCUT2D eigenvalue weighted by Gasteiger charge is 2.31. The Morgan fingerprint density at radius 2 is 1.85 bits per heavy atom. The fourth-order valence-corrected chi connectivity index (χ4v) is 4.98. The van der Waals surface area contributed by atoms with Crippen molar-refractivity contribution in [3.8, 4) is 0 Å². The zero-order valence-electron chi connectivity index (χ0n) is 16.0. The van der Waals surface area contributed by atoms with E-state index in [-0.39, 0.29) is 22.4 Å². The summed E-state index contributed by atoms with van der Waals surface area (Å²) in [5, 5.41) is 11.7. The molecule has 2 atom stereocenters. The lowest BCUT2D eigenvalue weighted by Crippen LogP contribution is -2.42. The normalized spacial score (nSPS) is 19.6. The van der Waals surface area contributed by atoms with Crippen LogP contribution >= 0.6 is 0 Å². The Kier molecular flexibility index (Phi) is 7.00. The summed E-state index contributed by atoms with van der Waals surface area (Å²) in [5.41, 5.74) is 0.232. The van der Waals surface area contributed by atoms with E-state index in [1.165, 1.54) is 28.6 Å². The molecule has 2 N–H and O–H groups in total. The second kappa shape index (κ2) is 8.84. The number of carbonyl (C=O) groups is 2. The van der Waals surface area contributed by atoms with Crippen molar-refractivity contribution in [1.82, 2.24) is 9.62 Å². The van der Waals surface area contributed by atoms with E-state index in [2.05, 4.69) is 5.32 Å². The number of sulfonamides is 1. The number of carboxylic acids is 1. The van der Waals surface area contributed by atoms with Gasteiger partial charge in [0.25, 0.3) is 5.91 Å². The van der Waals surface area contributed by atoms with Gasteiger partial charge in [-0.2, -0.15) is 4.31 Å². The van der Waals surface area contributed by atoms with Gasteiger partial charge in [0, 0.05) is 18.2 Å². The SMILES string of the molecule is CC(C)C[C@H](NC(=O)c1ccc(S(=O)(=O)N2CCCCC2C)cc1)C(=O)O. The van der Waals surface area contributed by atoms with Crippen molar-refractivity contribution in [2.45, 2.75) is 63.4 Å². The highest BCUT2D eigenvalue weighted by molar-refractivity contribution is 7.89. The Hall–Kier alpha value is -1.93. The number of nitrogens with one attached hydrogen (secondary N) is 1. The van der Waals surface area contributed by atoms with Crippen LogP contribution in [0.1, 0.15) is 56.8 Å². The summed E-state index contributed by atoms with van der Waals surface area (Å²) in [5.74, 6) is -1.50. The van der Waals surface area contributed by atoms with Crippen molar-refractivity contribution in [2.75, 3.05) is 6.54 Å². The van der Waals surface area contributed by atoms with E-state index >= 15 is 0 Å². The largest absolute Gasteiger partial charge is 0.480 e. The number of hydrogen-bond acceptors (Lipinski definition) is 4. The van der Waals surface area contributed by atoms with Gasteiger partial charge < -0.3 is 10.4 Å². The first-order valence-corrected chi connectivity index (χ1v) is 10.7. The van der Waals surface area contributed by atoms with Gasteiger partial charge in [-0.25, -0.2) is 13.2 Å². The molecule has 0 aliphatic carbocycles. The number of rotatable bonds is 7. The van der Waals surface area contributed by atoms with Gasteiger partial charge in [-0.3, -0.25) is 4.79 Å². The number of benzene rings is 1. The van der Waals surface area contributed by atoms with Gasteiger partial charge >= 0.3 is 5.97 Å². The van der Waals surface area contributed by atoms with Crippen molar-refractivity contribution < 1.29 is 23.1 Å². The molecule has 1 heterocycles. The van der Waals surface area contributed by atoms with Crippen LogP contribution < -0.4 is 5.32 Å². The van der Waals surface area contributed by atoms with Gasteiger partial charge in [-0.05, 0) is 56.4 Å². The molecule has 0 aromatic heterocycles. The molecule has 1 aliphatic rings. The average molecular weight is 397 g/mol. The summed E-state index contributed by atoms with van der Waals surface area (Å²) in [6, 6.07) is 4.64. The van der Waals surface area contributed by atoms with Crippen LogP contribution in [0.15, 0.2) is 29.2 Å². The van der Waals surface area contributed by atoms with Crippen LogP contribution in [0.3, 0.4) is 0 Å². The van der Waals surface area contributed by atoms with Gasteiger partial charge in [-0.1, -0.05) is 20.3 Å². The molecule has 1 aliphatic heterocycles. The molecule has 27 heavy (non-hydrogen) atoms. The second-order valence-electron chi connectivity index (χ2n) is 7.48. The lowest BCUT2D eigenvalue weighted by molar-refractivity contribution is -0.139. The van der Waals surface area contributed by atoms with Gasteiger partial charge in [0.1, 0.15) is 6.04 Å². The molecular formula is C19H28N2O5S. The molecule has 0 bridgehead atoms. The van der Waals surface area contributed by atoms with Crippen LogP contribution in [0, 0.1) is 5.92 Å². The number of carbonyl (C=O) groups excluding carboxylic acids is 1. The molecule has 1 aromatic rings. The standard InChI is InChI=1S/C19H28N2O5S/c1-13(2)12-17(19(23)24)20-18(22)15-7-9-16(10-8-15)27(25,26)21-11-5-4-6-14(21)3/h7-10,13-14,17H,4-6,11-12H2,1-3H3,(H,20,22)(H,23,24)/t14?,17-/m0/s1. The lowest BCUT2D eigenvalue weighted by atomic mass is 10.0. The van der Waals surface area contributed by atoms with E-state index in [9.17, 15) is 23.1 Å². The minimum absolute atomic E-state index is 0.0425. The number of aliphatic carboxylic acids is 1. The quantitative estimate of drug-likeness (QED) is 0.737. The van der Waals surface area contributed by atoms with Gasteiger partial charge in [0.2, 0.25) is 10.0 Å². The molecule has 2 rings (SSSR count). The summed E-state index contributed by atoms with van der Waals surface area (Å²) < 4.78 is 27.1. The first-order chi connectivity index (χ1) is 12.6. The van der Waals surface area contributed by atoms with Crippen molar-refractivity contribution >= 4 is 21.9 Å². The summed E-state index contributed by atoms with van der Waals surface area (Å²) in [7, 11) is -3.60. The fourth-order valence-electron chi connectivity index (χ4n) is 3.28. The smallest absolute Gasteiger partial charge is 0.326 e. The molecule has 1 aromatic carbocycles. The number of piperidine rings is 1. The first kappa shape index (κ1) is 21.4. The minimum atomic E-state index is -3.60. The Morgan fingerprint density at radius 1 is 1.22 bits per heavy atom. The summed E-state index contributed by atoms with van der Waals surface area (Å²) in [6.45, 7) is 6.16. The van der Waals surface area contributed by atoms with E-state index in [1.54, 1.807) is 0 Å². The maximum Gasteiger partial charge on any atom is 0.326 e. The molecular weight excluding hydrogens is 368 g/mol. The van der Waals surface area contributed by atoms with E-state index in [1.807, 2.05) is 20.8 Å². The molecule has 8 heteroatoms. The Labute approximate surface area is 160 Å². The zero-order valence-corrected chi connectivity index (χ0v) is 16.8. The van der Waals surface area contributed by atoms with E-state index in [0.29, 0.717) is 13.0 Å². The second-order valence-corrected chi connectivity index (χ2v) is 9.37. The molecule has 1 unspecified atom stereocenters. The number of amides is 1. The van der Waals surface area contributed by atoms with Gasteiger partial charge in [-0.15, -0.1) is 0 Å². The van der Waals surface area contributed by atoms with Crippen LogP contribution in [0.25, 0.3) is 0 Å². The third kappa shape index (κ3) is 5.29. The van der Waals surface area contributed by atoms with E-state index in [0.717, 1.165) is 19.3 Å². The Bertz CT molecular complexity index is 774. The number of carboxylic acid groups (broad SMARTS) is 1. The Balaban J connectivity index is 2.14. The molecule has 1 fully saturated rings. The van der Waals surface area contributed by atoms with E-state index < -0.39 is 27.9 Å². The van der Waals surface area contributed by atoms with Gasteiger partial charge in [0.05, 0.1) is 4.90 Å². The van der Waals surface area contributed by atoms with Crippen molar-refractivity contribution in [1.29, 1.82) is 0 Å². The zero-order chi connectivity index (χ0) is 20.2. The van der Waals surface area contributed by atoms with Crippen LogP contribution in [0.5, 0.6) is 0 Å². The number of nitrogens with zero attached hydrogens (tertiary/aromatic N) is 1. The summed E-state index contributed by atoms with van der Waals surface area (Å²) in [4.78, 5) is 23.8. The molecule has 1 amide bonds. The van der Waals surface area contributed by atoms with Crippen LogP contribution in [0.2, 0.25) is 0 Å². The lowest BCUT2D eigenvalue weighted by Gasteiger charge is -2.32. The van der Waals surface area contributed by atoms with Gasteiger partial charge in [0.15, 0.2) is 0 Å². The average Bonchev–Trinajstić information content (AvgIpc) is 2.61. The third-order valence-electron chi connectivity index (χ3n) is 4.78. The monoisotopic (exact) mass is 396 g/mol. The Morgan fingerprint density at radius 3 is 2.37 bits per heavy atom. The summed E-state index contributed by atoms with van der Waals surface area (Å²) in [6.07, 6.45) is 3.02. The predicted octanol–water partition coefficient (Wildman–Crippen LogP) is 2.48. The maximum atomic E-state index is 12.8. The predicted molar refractivity (Wildman–Crippen MR) is 102 cm³/mol.